The molecule has 3 aliphatic rings. The Kier molecular flexibility index (Phi) is 4.97. The molecule has 3 rings (SSSR count). The lowest BCUT2D eigenvalue weighted by Gasteiger charge is -2.39. The van der Waals surface area contributed by atoms with Crippen LogP contribution < -0.4 is 5.32 Å². The number of hydrogen-bond donors (Lipinski definition) is 1. The summed E-state index contributed by atoms with van der Waals surface area (Å²) in [6.45, 7) is 7.66. The van der Waals surface area contributed by atoms with Crippen LogP contribution in [0.1, 0.15) is 51.9 Å². The minimum Gasteiger partial charge on any atom is -0.348 e. The Morgan fingerprint density at radius 2 is 1.60 bits per heavy atom. The van der Waals surface area contributed by atoms with Crippen LogP contribution in [0.25, 0.3) is 0 Å². The molecule has 116 valence electrons. The largest absolute Gasteiger partial charge is 0.348 e. The van der Waals surface area contributed by atoms with Gasteiger partial charge >= 0.3 is 0 Å². The third-order valence-electron chi connectivity index (χ3n) is 5.16. The zero-order valence-electron chi connectivity index (χ0n) is 12.9. The highest BCUT2D eigenvalue weighted by atomic mass is 16.7. The Balaban J connectivity index is 1.37. The van der Waals surface area contributed by atoms with Crippen LogP contribution in [-0.4, -0.2) is 55.6 Å². The van der Waals surface area contributed by atoms with Crippen molar-refractivity contribution in [3.05, 3.63) is 0 Å². The first kappa shape index (κ1) is 14.8. The molecule has 0 amide bonds. The lowest BCUT2D eigenvalue weighted by Crippen LogP contribution is -2.49. The fraction of sp³-hybridized carbons (Fsp3) is 1.00. The molecule has 0 aromatic carbocycles. The van der Waals surface area contributed by atoms with Crippen molar-refractivity contribution in [1.82, 2.24) is 10.2 Å². The molecular formula is C16H30N2O2. The van der Waals surface area contributed by atoms with Gasteiger partial charge < -0.3 is 19.7 Å². The first-order chi connectivity index (χ1) is 9.80. The van der Waals surface area contributed by atoms with Gasteiger partial charge in [0.25, 0.3) is 0 Å². The van der Waals surface area contributed by atoms with Gasteiger partial charge in [-0.15, -0.1) is 0 Å². The standard InChI is InChI=1S/C16H30N2O2/c1-2-9-18-10-5-15(6-11-18)17-14-3-7-16(8-4-14)19-12-13-20-16/h14-15,17H,2-13H2,1H3. The van der Waals surface area contributed by atoms with E-state index < -0.39 is 0 Å². The minimum atomic E-state index is -0.206. The molecule has 3 fully saturated rings. The van der Waals surface area contributed by atoms with Crippen molar-refractivity contribution in [2.24, 2.45) is 0 Å². The van der Waals surface area contributed by atoms with Gasteiger partial charge in [0.2, 0.25) is 0 Å². The molecule has 2 aliphatic heterocycles. The molecule has 20 heavy (non-hydrogen) atoms. The van der Waals surface area contributed by atoms with E-state index in [1.54, 1.807) is 0 Å². The summed E-state index contributed by atoms with van der Waals surface area (Å²) in [6, 6.07) is 1.41. The van der Waals surface area contributed by atoms with Crippen LogP contribution in [0.3, 0.4) is 0 Å². The molecule has 0 unspecified atom stereocenters. The van der Waals surface area contributed by atoms with Gasteiger partial charge in [0.1, 0.15) is 0 Å². The summed E-state index contributed by atoms with van der Waals surface area (Å²) < 4.78 is 11.6. The molecule has 1 aliphatic carbocycles. The monoisotopic (exact) mass is 282 g/mol. The molecule has 1 N–H and O–H groups in total. The van der Waals surface area contributed by atoms with Gasteiger partial charge in [-0.3, -0.25) is 0 Å². The Morgan fingerprint density at radius 1 is 1.00 bits per heavy atom. The van der Waals surface area contributed by atoms with Crippen molar-refractivity contribution in [3.8, 4) is 0 Å². The Hall–Kier alpha value is -0.160. The number of nitrogens with one attached hydrogen (secondary N) is 1. The van der Waals surface area contributed by atoms with Gasteiger partial charge in [0, 0.05) is 24.9 Å². The van der Waals surface area contributed by atoms with Crippen LogP contribution >= 0.6 is 0 Å². The quantitative estimate of drug-likeness (QED) is 0.856. The molecule has 4 heteroatoms. The number of hydrogen-bond acceptors (Lipinski definition) is 4. The van der Waals surface area contributed by atoms with Crippen molar-refractivity contribution in [1.29, 1.82) is 0 Å². The van der Waals surface area contributed by atoms with Crippen molar-refractivity contribution in [2.75, 3.05) is 32.8 Å². The van der Waals surface area contributed by atoms with Gasteiger partial charge in [-0.25, -0.2) is 0 Å². The number of ether oxygens (including phenoxy) is 2. The summed E-state index contributed by atoms with van der Waals surface area (Å²) >= 11 is 0. The second-order valence-electron chi connectivity index (χ2n) is 6.66. The SMILES string of the molecule is CCCN1CCC(NC2CCC3(CC2)OCCO3)CC1. The number of rotatable bonds is 4. The zero-order valence-corrected chi connectivity index (χ0v) is 12.9. The summed E-state index contributed by atoms with van der Waals surface area (Å²) in [5.41, 5.74) is 0. The predicted molar refractivity (Wildman–Crippen MR) is 79.8 cm³/mol. The molecular weight excluding hydrogens is 252 g/mol. The van der Waals surface area contributed by atoms with Gasteiger partial charge in [-0.1, -0.05) is 6.92 Å². The molecule has 0 atom stereocenters. The van der Waals surface area contributed by atoms with E-state index in [2.05, 4.69) is 17.1 Å². The molecule has 1 spiro atoms. The fourth-order valence-electron chi connectivity index (χ4n) is 3.98. The van der Waals surface area contributed by atoms with Crippen molar-refractivity contribution < 1.29 is 9.47 Å². The van der Waals surface area contributed by atoms with E-state index in [-0.39, 0.29) is 5.79 Å². The molecule has 0 aromatic heterocycles. The third-order valence-corrected chi connectivity index (χ3v) is 5.16. The Labute approximate surface area is 123 Å². The highest BCUT2D eigenvalue weighted by Crippen LogP contribution is 2.36. The third kappa shape index (κ3) is 3.53. The average Bonchev–Trinajstić information content (AvgIpc) is 2.93. The van der Waals surface area contributed by atoms with Crippen LogP contribution in [-0.2, 0) is 9.47 Å². The second kappa shape index (κ2) is 6.73. The summed E-state index contributed by atoms with van der Waals surface area (Å²) in [5, 5.41) is 3.89. The predicted octanol–water partition coefficient (Wildman–Crippen LogP) is 2.14. The first-order valence-electron chi connectivity index (χ1n) is 8.56. The second-order valence-corrected chi connectivity index (χ2v) is 6.66. The molecule has 0 radical (unpaired) electrons. The average molecular weight is 282 g/mol. The molecule has 2 saturated heterocycles. The maximum Gasteiger partial charge on any atom is 0.168 e. The maximum absolute atomic E-state index is 5.80. The molecule has 4 nitrogen and oxygen atoms in total. The van der Waals surface area contributed by atoms with E-state index in [1.807, 2.05) is 0 Å². The summed E-state index contributed by atoms with van der Waals surface area (Å²) in [4.78, 5) is 2.61. The maximum atomic E-state index is 5.80. The number of piperidine rings is 1. The van der Waals surface area contributed by atoms with Crippen molar-refractivity contribution >= 4 is 0 Å². The summed E-state index contributed by atoms with van der Waals surface area (Å²) in [5.74, 6) is -0.206. The zero-order chi connectivity index (χ0) is 13.8. The van der Waals surface area contributed by atoms with E-state index in [0.717, 1.165) is 32.1 Å². The minimum absolute atomic E-state index is 0.206. The normalized spacial score (nSPS) is 29.2. The summed E-state index contributed by atoms with van der Waals surface area (Å²) in [7, 11) is 0. The van der Waals surface area contributed by atoms with Crippen molar-refractivity contribution in [2.45, 2.75) is 69.7 Å². The Bertz CT molecular complexity index is 287. The van der Waals surface area contributed by atoms with E-state index in [1.165, 1.54) is 51.7 Å². The summed E-state index contributed by atoms with van der Waals surface area (Å²) in [6.07, 6.45) is 8.45. The molecule has 2 heterocycles. The molecule has 1 saturated carbocycles. The van der Waals surface area contributed by atoms with Crippen molar-refractivity contribution in [3.63, 3.8) is 0 Å². The lowest BCUT2D eigenvalue weighted by atomic mass is 9.89. The van der Waals surface area contributed by atoms with Gasteiger partial charge in [-0.2, -0.15) is 0 Å². The van der Waals surface area contributed by atoms with Crippen LogP contribution in [0.5, 0.6) is 0 Å². The first-order valence-corrected chi connectivity index (χ1v) is 8.56. The highest BCUT2D eigenvalue weighted by molar-refractivity contribution is 4.88. The Morgan fingerprint density at radius 3 is 2.20 bits per heavy atom. The molecule has 0 bridgehead atoms. The van der Waals surface area contributed by atoms with Gasteiger partial charge in [-0.05, 0) is 51.7 Å². The van der Waals surface area contributed by atoms with E-state index >= 15 is 0 Å². The smallest absolute Gasteiger partial charge is 0.168 e. The van der Waals surface area contributed by atoms with Crippen LogP contribution in [0.2, 0.25) is 0 Å². The van der Waals surface area contributed by atoms with E-state index in [0.29, 0.717) is 6.04 Å². The van der Waals surface area contributed by atoms with Crippen LogP contribution in [0.15, 0.2) is 0 Å². The molecule has 0 aromatic rings. The topological polar surface area (TPSA) is 33.7 Å². The highest BCUT2D eigenvalue weighted by Gasteiger charge is 2.40. The van der Waals surface area contributed by atoms with Crippen LogP contribution in [0.4, 0.5) is 0 Å². The fourth-order valence-corrected chi connectivity index (χ4v) is 3.98. The van der Waals surface area contributed by atoms with Crippen LogP contribution in [0, 0.1) is 0 Å². The van der Waals surface area contributed by atoms with Gasteiger partial charge in [0.15, 0.2) is 5.79 Å². The number of likely N-dealkylation sites (tertiary alicyclic amines) is 1. The number of nitrogens with zero attached hydrogens (tertiary/aromatic N) is 1. The van der Waals surface area contributed by atoms with E-state index in [9.17, 15) is 0 Å². The van der Waals surface area contributed by atoms with E-state index in [4.69, 9.17) is 9.47 Å². The van der Waals surface area contributed by atoms with Gasteiger partial charge in [0.05, 0.1) is 13.2 Å². The lowest BCUT2D eigenvalue weighted by molar-refractivity contribution is -0.179.